The van der Waals surface area contributed by atoms with Crippen LogP contribution in [0, 0.1) is 0 Å². The van der Waals surface area contributed by atoms with Gasteiger partial charge in [-0.1, -0.05) is 12.2 Å². The van der Waals surface area contributed by atoms with Crippen molar-refractivity contribution in [3.05, 3.63) is 24.0 Å². The predicted molar refractivity (Wildman–Crippen MR) is 79.0 cm³/mol. The number of rotatable bonds is 2. The van der Waals surface area contributed by atoms with Crippen molar-refractivity contribution >= 4 is 22.9 Å². The third-order valence-electron chi connectivity index (χ3n) is 3.68. The molecule has 1 saturated heterocycles. The van der Waals surface area contributed by atoms with Gasteiger partial charge in [-0.2, -0.15) is 0 Å². The van der Waals surface area contributed by atoms with Gasteiger partial charge in [0, 0.05) is 31.4 Å². The van der Waals surface area contributed by atoms with Crippen LogP contribution in [-0.4, -0.2) is 47.1 Å². The summed E-state index contributed by atoms with van der Waals surface area (Å²) in [5.74, 6) is 0. The molecule has 0 bridgehead atoms. The van der Waals surface area contributed by atoms with Crippen molar-refractivity contribution in [1.29, 1.82) is 0 Å². The molecule has 18 heavy (non-hydrogen) atoms. The average molecular weight is 264 g/mol. The van der Waals surface area contributed by atoms with E-state index in [1.54, 1.807) is 6.20 Å². The molecule has 0 spiro atoms. The SMILES string of the molecule is CN1CCN(c2cccnc2C(N)=S)CC1(C)C. The van der Waals surface area contributed by atoms with Gasteiger partial charge in [0.15, 0.2) is 0 Å². The number of hydrogen-bond acceptors (Lipinski definition) is 4. The standard InChI is InChI=1S/C13H20N4S/c1-13(2)9-17(8-7-16(13)3)10-5-4-6-15-11(10)12(14)18/h4-6H,7-9H2,1-3H3,(H2,14,18). The van der Waals surface area contributed by atoms with Gasteiger partial charge in [0.2, 0.25) is 0 Å². The van der Waals surface area contributed by atoms with E-state index in [-0.39, 0.29) is 5.54 Å². The molecule has 1 fully saturated rings. The van der Waals surface area contributed by atoms with Gasteiger partial charge in [-0.25, -0.2) is 0 Å². The first-order chi connectivity index (χ1) is 8.42. The number of aromatic nitrogens is 1. The Morgan fingerprint density at radius 3 is 2.78 bits per heavy atom. The van der Waals surface area contributed by atoms with Crippen LogP contribution in [0.25, 0.3) is 0 Å². The highest BCUT2D eigenvalue weighted by Crippen LogP contribution is 2.26. The minimum absolute atomic E-state index is 0.140. The fourth-order valence-electron chi connectivity index (χ4n) is 2.29. The second-order valence-corrected chi connectivity index (χ2v) is 5.83. The van der Waals surface area contributed by atoms with Crippen LogP contribution in [0.2, 0.25) is 0 Å². The van der Waals surface area contributed by atoms with Crippen molar-refractivity contribution < 1.29 is 0 Å². The van der Waals surface area contributed by atoms with Gasteiger partial charge in [0.1, 0.15) is 10.7 Å². The molecule has 2 rings (SSSR count). The molecule has 1 aromatic heterocycles. The summed E-state index contributed by atoms with van der Waals surface area (Å²) < 4.78 is 0. The first kappa shape index (κ1) is 13.2. The molecule has 0 unspecified atom stereocenters. The Labute approximate surface area is 114 Å². The zero-order valence-corrected chi connectivity index (χ0v) is 12.0. The number of hydrogen-bond donors (Lipinski definition) is 1. The summed E-state index contributed by atoms with van der Waals surface area (Å²) in [6.07, 6.45) is 1.74. The van der Waals surface area contributed by atoms with Gasteiger partial charge in [-0.3, -0.25) is 9.88 Å². The topological polar surface area (TPSA) is 45.4 Å². The minimum atomic E-state index is 0.140. The lowest BCUT2D eigenvalue weighted by Gasteiger charge is -2.46. The lowest BCUT2D eigenvalue weighted by molar-refractivity contribution is 0.139. The number of anilines is 1. The van der Waals surface area contributed by atoms with E-state index in [0.717, 1.165) is 31.0 Å². The second kappa shape index (κ2) is 4.82. The molecule has 5 heteroatoms. The summed E-state index contributed by atoms with van der Waals surface area (Å²) in [5.41, 5.74) is 7.67. The molecule has 98 valence electrons. The smallest absolute Gasteiger partial charge is 0.124 e. The maximum absolute atomic E-state index is 5.75. The van der Waals surface area contributed by atoms with Gasteiger partial charge in [-0.15, -0.1) is 0 Å². The highest BCUT2D eigenvalue weighted by atomic mass is 32.1. The minimum Gasteiger partial charge on any atom is -0.388 e. The fourth-order valence-corrected chi connectivity index (χ4v) is 2.44. The van der Waals surface area contributed by atoms with Crippen LogP contribution in [-0.2, 0) is 0 Å². The second-order valence-electron chi connectivity index (χ2n) is 5.39. The van der Waals surface area contributed by atoms with Crippen LogP contribution in [0.15, 0.2) is 18.3 Å². The monoisotopic (exact) mass is 264 g/mol. The first-order valence-electron chi connectivity index (χ1n) is 6.13. The maximum atomic E-state index is 5.75. The molecule has 2 heterocycles. The van der Waals surface area contributed by atoms with Gasteiger partial charge in [-0.05, 0) is 33.0 Å². The Bertz CT molecular complexity index is 458. The summed E-state index contributed by atoms with van der Waals surface area (Å²) in [6.45, 7) is 7.44. The van der Waals surface area contributed by atoms with Gasteiger partial charge in [0.05, 0.1) is 5.69 Å². The lowest BCUT2D eigenvalue weighted by Crippen LogP contribution is -2.58. The zero-order valence-electron chi connectivity index (χ0n) is 11.2. The molecule has 0 radical (unpaired) electrons. The van der Waals surface area contributed by atoms with E-state index in [9.17, 15) is 0 Å². The molecule has 4 nitrogen and oxygen atoms in total. The predicted octanol–water partition coefficient (Wildman–Crippen LogP) is 1.25. The van der Waals surface area contributed by atoms with Crippen molar-refractivity contribution in [2.24, 2.45) is 5.73 Å². The summed E-state index contributed by atoms with van der Waals surface area (Å²) in [4.78, 5) is 9.36. The zero-order chi connectivity index (χ0) is 13.3. The Kier molecular flexibility index (Phi) is 3.54. The van der Waals surface area contributed by atoms with E-state index in [1.165, 1.54) is 0 Å². The summed E-state index contributed by atoms with van der Waals surface area (Å²) in [5, 5.41) is 0. The molecule has 2 N–H and O–H groups in total. The van der Waals surface area contributed by atoms with Crippen molar-refractivity contribution in [2.75, 3.05) is 31.6 Å². The largest absolute Gasteiger partial charge is 0.388 e. The van der Waals surface area contributed by atoms with Crippen LogP contribution in [0.4, 0.5) is 5.69 Å². The Hall–Kier alpha value is -1.20. The van der Waals surface area contributed by atoms with Crippen LogP contribution in [0.5, 0.6) is 0 Å². The first-order valence-corrected chi connectivity index (χ1v) is 6.53. The quantitative estimate of drug-likeness (QED) is 0.815. The van der Waals surface area contributed by atoms with E-state index in [2.05, 4.69) is 35.7 Å². The Morgan fingerprint density at radius 1 is 1.44 bits per heavy atom. The number of pyridine rings is 1. The van der Waals surface area contributed by atoms with Gasteiger partial charge in [0.25, 0.3) is 0 Å². The molecule has 0 saturated carbocycles. The molecule has 1 aromatic rings. The summed E-state index contributed by atoms with van der Waals surface area (Å²) in [7, 11) is 2.16. The molecular weight excluding hydrogens is 244 g/mol. The number of thiocarbonyl (C=S) groups is 1. The van der Waals surface area contributed by atoms with E-state index in [4.69, 9.17) is 18.0 Å². The van der Waals surface area contributed by atoms with Crippen LogP contribution >= 0.6 is 12.2 Å². The van der Waals surface area contributed by atoms with E-state index in [1.807, 2.05) is 12.1 Å². The normalized spacial score (nSPS) is 19.8. The summed E-state index contributed by atoms with van der Waals surface area (Å²) >= 11 is 5.08. The molecular formula is C13H20N4S. The fraction of sp³-hybridized carbons (Fsp3) is 0.538. The summed E-state index contributed by atoms with van der Waals surface area (Å²) in [6, 6.07) is 3.98. The third kappa shape index (κ3) is 2.47. The van der Waals surface area contributed by atoms with Crippen molar-refractivity contribution in [3.8, 4) is 0 Å². The lowest BCUT2D eigenvalue weighted by atomic mass is 9.99. The number of likely N-dealkylation sites (N-methyl/N-ethyl adjacent to an activating group) is 1. The highest BCUT2D eigenvalue weighted by molar-refractivity contribution is 7.80. The number of nitrogens with two attached hydrogens (primary N) is 1. The van der Waals surface area contributed by atoms with Crippen molar-refractivity contribution in [2.45, 2.75) is 19.4 Å². The maximum Gasteiger partial charge on any atom is 0.124 e. The van der Waals surface area contributed by atoms with E-state index < -0.39 is 0 Å². The van der Waals surface area contributed by atoms with Crippen LogP contribution < -0.4 is 10.6 Å². The molecule has 0 aliphatic carbocycles. The number of piperazine rings is 1. The van der Waals surface area contributed by atoms with Crippen molar-refractivity contribution in [1.82, 2.24) is 9.88 Å². The Morgan fingerprint density at radius 2 is 2.17 bits per heavy atom. The van der Waals surface area contributed by atoms with Crippen molar-refractivity contribution in [3.63, 3.8) is 0 Å². The van der Waals surface area contributed by atoms with Gasteiger partial charge < -0.3 is 10.6 Å². The highest BCUT2D eigenvalue weighted by Gasteiger charge is 2.32. The molecule has 0 aromatic carbocycles. The number of nitrogens with zero attached hydrogens (tertiary/aromatic N) is 3. The van der Waals surface area contributed by atoms with Crippen LogP contribution in [0.3, 0.4) is 0 Å². The van der Waals surface area contributed by atoms with E-state index in [0.29, 0.717) is 4.99 Å². The molecule has 0 amide bonds. The molecule has 1 aliphatic heterocycles. The Balaban J connectivity index is 2.30. The molecule has 0 atom stereocenters. The van der Waals surface area contributed by atoms with Crippen LogP contribution in [0.1, 0.15) is 19.5 Å². The average Bonchev–Trinajstić information content (AvgIpc) is 2.32. The van der Waals surface area contributed by atoms with Gasteiger partial charge >= 0.3 is 0 Å². The molecule has 1 aliphatic rings. The van der Waals surface area contributed by atoms with E-state index >= 15 is 0 Å². The third-order valence-corrected chi connectivity index (χ3v) is 3.87.